The molecular weight excluding hydrogens is 168 g/mol. The van der Waals surface area contributed by atoms with Crippen molar-refractivity contribution in [1.82, 2.24) is 10.3 Å². The Bertz CT molecular complexity index is 196. The van der Waals surface area contributed by atoms with E-state index in [1.165, 1.54) is 12.8 Å². The van der Waals surface area contributed by atoms with Gasteiger partial charge in [-0.3, -0.25) is 0 Å². The van der Waals surface area contributed by atoms with Gasteiger partial charge in [0.15, 0.2) is 0 Å². The van der Waals surface area contributed by atoms with Crippen LogP contribution in [0.5, 0.6) is 0 Å². The van der Waals surface area contributed by atoms with Crippen LogP contribution in [0.25, 0.3) is 0 Å². The summed E-state index contributed by atoms with van der Waals surface area (Å²) in [5, 5.41) is 5.53. The van der Waals surface area contributed by atoms with E-state index in [-0.39, 0.29) is 0 Å². The lowest BCUT2D eigenvalue weighted by Crippen LogP contribution is -2.19. The SMILES string of the molecule is CCCCNC(C)c1cscn1. The van der Waals surface area contributed by atoms with E-state index < -0.39 is 0 Å². The predicted octanol–water partition coefficient (Wildman–Crippen LogP) is 2.59. The van der Waals surface area contributed by atoms with Crippen LogP contribution >= 0.6 is 11.3 Å². The molecule has 0 fully saturated rings. The van der Waals surface area contributed by atoms with Crippen LogP contribution in [0.15, 0.2) is 10.9 Å². The summed E-state index contributed by atoms with van der Waals surface area (Å²) >= 11 is 1.66. The van der Waals surface area contributed by atoms with E-state index >= 15 is 0 Å². The Morgan fingerprint density at radius 2 is 2.50 bits per heavy atom. The zero-order valence-electron chi connectivity index (χ0n) is 7.71. The zero-order valence-corrected chi connectivity index (χ0v) is 8.53. The highest BCUT2D eigenvalue weighted by atomic mass is 32.1. The van der Waals surface area contributed by atoms with Gasteiger partial charge in [0.2, 0.25) is 0 Å². The number of thiazole rings is 1. The van der Waals surface area contributed by atoms with Crippen LogP contribution in [0, 0.1) is 0 Å². The Labute approximate surface area is 78.0 Å². The first-order chi connectivity index (χ1) is 5.84. The molecule has 3 heteroatoms. The molecule has 1 heterocycles. The van der Waals surface area contributed by atoms with Crippen LogP contribution in [-0.4, -0.2) is 11.5 Å². The topological polar surface area (TPSA) is 24.9 Å². The van der Waals surface area contributed by atoms with Crippen LogP contribution in [0.1, 0.15) is 38.4 Å². The van der Waals surface area contributed by atoms with Crippen molar-refractivity contribution in [2.24, 2.45) is 0 Å². The normalized spacial score (nSPS) is 13.2. The molecule has 1 unspecified atom stereocenters. The lowest BCUT2D eigenvalue weighted by atomic mass is 10.2. The van der Waals surface area contributed by atoms with E-state index in [1.54, 1.807) is 11.3 Å². The third-order valence-electron chi connectivity index (χ3n) is 1.88. The zero-order chi connectivity index (χ0) is 8.81. The molecule has 0 saturated carbocycles. The molecule has 0 radical (unpaired) electrons. The van der Waals surface area contributed by atoms with E-state index in [0.717, 1.165) is 12.2 Å². The minimum absolute atomic E-state index is 0.405. The van der Waals surface area contributed by atoms with Crippen LogP contribution in [0.4, 0.5) is 0 Å². The van der Waals surface area contributed by atoms with E-state index in [2.05, 4.69) is 29.5 Å². The van der Waals surface area contributed by atoms with Crippen LogP contribution in [0.2, 0.25) is 0 Å². The van der Waals surface area contributed by atoms with E-state index in [9.17, 15) is 0 Å². The lowest BCUT2D eigenvalue weighted by molar-refractivity contribution is 0.546. The van der Waals surface area contributed by atoms with Gasteiger partial charge < -0.3 is 5.32 Å². The Morgan fingerprint density at radius 1 is 1.67 bits per heavy atom. The third-order valence-corrected chi connectivity index (χ3v) is 2.48. The summed E-state index contributed by atoms with van der Waals surface area (Å²) in [6.07, 6.45) is 2.49. The number of hydrogen-bond acceptors (Lipinski definition) is 3. The molecular formula is C9H16N2S. The van der Waals surface area contributed by atoms with Crippen molar-refractivity contribution < 1.29 is 0 Å². The van der Waals surface area contributed by atoms with Crippen molar-refractivity contribution in [1.29, 1.82) is 0 Å². The molecule has 1 aromatic heterocycles. The summed E-state index contributed by atoms with van der Waals surface area (Å²) in [4.78, 5) is 4.25. The summed E-state index contributed by atoms with van der Waals surface area (Å²) in [7, 11) is 0. The van der Waals surface area contributed by atoms with Gasteiger partial charge in [-0.1, -0.05) is 13.3 Å². The lowest BCUT2D eigenvalue weighted by Gasteiger charge is -2.09. The van der Waals surface area contributed by atoms with Crippen LogP contribution < -0.4 is 5.32 Å². The van der Waals surface area contributed by atoms with Crippen molar-refractivity contribution in [3.05, 3.63) is 16.6 Å². The fourth-order valence-corrected chi connectivity index (χ4v) is 1.68. The molecule has 0 saturated heterocycles. The first-order valence-electron chi connectivity index (χ1n) is 4.46. The van der Waals surface area contributed by atoms with Crippen molar-refractivity contribution in [3.63, 3.8) is 0 Å². The molecule has 12 heavy (non-hydrogen) atoms. The molecule has 1 rings (SSSR count). The fraction of sp³-hybridized carbons (Fsp3) is 0.667. The second-order valence-corrected chi connectivity index (χ2v) is 3.66. The smallest absolute Gasteiger partial charge is 0.0795 e. The molecule has 0 aromatic carbocycles. The Kier molecular flexibility index (Phi) is 4.25. The minimum Gasteiger partial charge on any atom is -0.309 e. The number of aromatic nitrogens is 1. The van der Waals surface area contributed by atoms with Gasteiger partial charge in [0.05, 0.1) is 11.2 Å². The highest BCUT2D eigenvalue weighted by molar-refractivity contribution is 7.07. The molecule has 1 aromatic rings. The number of rotatable bonds is 5. The maximum Gasteiger partial charge on any atom is 0.0795 e. The third kappa shape index (κ3) is 2.91. The highest BCUT2D eigenvalue weighted by Crippen LogP contribution is 2.11. The fourth-order valence-electron chi connectivity index (χ4n) is 1.04. The van der Waals surface area contributed by atoms with Crippen molar-refractivity contribution in [2.75, 3.05) is 6.54 Å². The Hall–Kier alpha value is -0.410. The Balaban J connectivity index is 2.25. The van der Waals surface area contributed by atoms with Gasteiger partial charge in [-0.15, -0.1) is 11.3 Å². The second-order valence-electron chi connectivity index (χ2n) is 2.94. The van der Waals surface area contributed by atoms with Gasteiger partial charge >= 0.3 is 0 Å². The maximum atomic E-state index is 4.25. The van der Waals surface area contributed by atoms with Gasteiger partial charge in [-0.25, -0.2) is 4.98 Å². The molecule has 0 spiro atoms. The molecule has 1 atom stereocenters. The van der Waals surface area contributed by atoms with Crippen molar-refractivity contribution in [3.8, 4) is 0 Å². The number of unbranched alkanes of at least 4 members (excludes halogenated alkanes) is 1. The number of hydrogen-bond donors (Lipinski definition) is 1. The predicted molar refractivity (Wildman–Crippen MR) is 53.4 cm³/mol. The van der Waals surface area contributed by atoms with E-state index in [1.807, 2.05) is 5.51 Å². The van der Waals surface area contributed by atoms with Gasteiger partial charge in [-0.2, -0.15) is 0 Å². The Morgan fingerprint density at radius 3 is 3.08 bits per heavy atom. The molecule has 2 nitrogen and oxygen atoms in total. The van der Waals surface area contributed by atoms with Gasteiger partial charge in [-0.05, 0) is 19.9 Å². The van der Waals surface area contributed by atoms with Crippen LogP contribution in [-0.2, 0) is 0 Å². The second kappa shape index (κ2) is 5.27. The number of nitrogens with one attached hydrogen (secondary N) is 1. The molecule has 0 bridgehead atoms. The summed E-state index contributed by atoms with van der Waals surface area (Å²) < 4.78 is 0. The first-order valence-corrected chi connectivity index (χ1v) is 5.40. The largest absolute Gasteiger partial charge is 0.309 e. The summed E-state index contributed by atoms with van der Waals surface area (Å²) in [5.74, 6) is 0. The molecule has 1 N–H and O–H groups in total. The molecule has 0 aliphatic heterocycles. The summed E-state index contributed by atoms with van der Waals surface area (Å²) in [5.41, 5.74) is 3.05. The molecule has 68 valence electrons. The quantitative estimate of drug-likeness (QED) is 0.711. The van der Waals surface area contributed by atoms with Gasteiger partial charge in [0, 0.05) is 11.4 Å². The average Bonchev–Trinajstić information content (AvgIpc) is 2.56. The molecule has 0 aliphatic rings. The standard InChI is InChI=1S/C9H16N2S/c1-3-4-5-10-8(2)9-6-12-7-11-9/h6-8,10H,3-5H2,1-2H3. The van der Waals surface area contributed by atoms with E-state index in [0.29, 0.717) is 6.04 Å². The van der Waals surface area contributed by atoms with Crippen molar-refractivity contribution in [2.45, 2.75) is 32.7 Å². The van der Waals surface area contributed by atoms with Gasteiger partial charge in [0.1, 0.15) is 0 Å². The average molecular weight is 184 g/mol. The summed E-state index contributed by atoms with van der Waals surface area (Å²) in [6.45, 7) is 5.45. The van der Waals surface area contributed by atoms with Crippen molar-refractivity contribution >= 4 is 11.3 Å². The van der Waals surface area contributed by atoms with E-state index in [4.69, 9.17) is 0 Å². The monoisotopic (exact) mass is 184 g/mol. The first kappa shape index (κ1) is 9.68. The highest BCUT2D eigenvalue weighted by Gasteiger charge is 2.04. The minimum atomic E-state index is 0.405. The van der Waals surface area contributed by atoms with Crippen LogP contribution in [0.3, 0.4) is 0 Å². The molecule has 0 aliphatic carbocycles. The van der Waals surface area contributed by atoms with Gasteiger partial charge in [0.25, 0.3) is 0 Å². The molecule has 0 amide bonds. The number of nitrogens with zero attached hydrogens (tertiary/aromatic N) is 1. The maximum absolute atomic E-state index is 4.25. The summed E-state index contributed by atoms with van der Waals surface area (Å²) in [6, 6.07) is 0.405.